The van der Waals surface area contributed by atoms with Gasteiger partial charge in [-0.3, -0.25) is 9.89 Å². The number of aryl methyl sites for hydroxylation is 1. The van der Waals surface area contributed by atoms with Crippen molar-refractivity contribution in [2.75, 3.05) is 26.2 Å². The normalized spacial score (nSPS) is 16.6. The van der Waals surface area contributed by atoms with Crippen LogP contribution >= 0.6 is 11.3 Å². The lowest BCUT2D eigenvalue weighted by Gasteiger charge is -2.19. The number of hydrogen-bond donors (Lipinski definition) is 3. The van der Waals surface area contributed by atoms with Gasteiger partial charge in [0, 0.05) is 18.0 Å². The molecule has 23 heavy (non-hydrogen) atoms. The van der Waals surface area contributed by atoms with Gasteiger partial charge in [-0.1, -0.05) is 0 Å². The largest absolute Gasteiger partial charge is 0.390 e. The molecule has 1 saturated heterocycles. The van der Waals surface area contributed by atoms with E-state index in [1.54, 1.807) is 17.4 Å². The Morgan fingerprint density at radius 3 is 2.96 bits per heavy atom. The molecule has 1 unspecified atom stereocenters. The first-order chi connectivity index (χ1) is 11.1. The van der Waals surface area contributed by atoms with Crippen LogP contribution in [0, 0.1) is 6.92 Å². The van der Waals surface area contributed by atoms with Crippen LogP contribution in [0.1, 0.15) is 28.2 Å². The van der Waals surface area contributed by atoms with Crippen molar-refractivity contribution < 1.29 is 9.90 Å². The van der Waals surface area contributed by atoms with Crippen molar-refractivity contribution in [1.29, 1.82) is 0 Å². The van der Waals surface area contributed by atoms with Crippen LogP contribution in [-0.4, -0.2) is 58.4 Å². The number of carbonyl (C=O) groups excluding carboxylic acids is 1. The third-order valence-electron chi connectivity index (χ3n) is 3.98. The van der Waals surface area contributed by atoms with Gasteiger partial charge in [-0.15, -0.1) is 11.3 Å². The van der Waals surface area contributed by atoms with Crippen molar-refractivity contribution in [3.63, 3.8) is 0 Å². The lowest BCUT2D eigenvalue weighted by molar-refractivity contribution is 0.0875. The zero-order chi connectivity index (χ0) is 16.2. The molecular weight excluding hydrogens is 312 g/mol. The molecule has 1 atom stereocenters. The zero-order valence-electron chi connectivity index (χ0n) is 13.2. The third kappa shape index (κ3) is 4.19. The number of nitrogens with zero attached hydrogens (tertiary/aromatic N) is 2. The van der Waals surface area contributed by atoms with Crippen molar-refractivity contribution in [2.24, 2.45) is 0 Å². The standard InChI is InChI=1S/C16H22N4O2S/c1-11-4-5-15(23-11)13-8-14(19-18-13)16(22)17-9-12(21)10-20-6-2-3-7-20/h4-5,8,12,21H,2-3,6-7,9-10H2,1H3,(H,17,22)(H,18,19). The first kappa shape index (κ1) is 16.2. The molecule has 0 bridgehead atoms. The summed E-state index contributed by atoms with van der Waals surface area (Å²) in [7, 11) is 0. The zero-order valence-corrected chi connectivity index (χ0v) is 14.0. The van der Waals surface area contributed by atoms with Crippen molar-refractivity contribution in [3.8, 4) is 10.6 Å². The van der Waals surface area contributed by atoms with E-state index in [1.807, 2.05) is 19.1 Å². The number of thiophene rings is 1. The Balaban J connectivity index is 1.51. The lowest BCUT2D eigenvalue weighted by atomic mass is 10.3. The summed E-state index contributed by atoms with van der Waals surface area (Å²) in [5, 5.41) is 19.7. The molecule has 3 rings (SSSR count). The van der Waals surface area contributed by atoms with Gasteiger partial charge in [0.2, 0.25) is 0 Å². The highest BCUT2D eigenvalue weighted by atomic mass is 32.1. The number of aliphatic hydroxyl groups is 1. The second-order valence-electron chi connectivity index (χ2n) is 5.95. The molecule has 0 aromatic carbocycles. The first-order valence-corrected chi connectivity index (χ1v) is 8.74. The molecule has 1 aliphatic heterocycles. The molecular formula is C16H22N4O2S. The van der Waals surface area contributed by atoms with Gasteiger partial charge in [-0.25, -0.2) is 0 Å². The summed E-state index contributed by atoms with van der Waals surface area (Å²) in [6.07, 6.45) is 1.84. The van der Waals surface area contributed by atoms with Gasteiger partial charge >= 0.3 is 0 Å². The SMILES string of the molecule is Cc1ccc(-c2cc(C(=O)NCC(O)CN3CCCC3)n[nH]2)s1. The number of aromatic nitrogens is 2. The number of amides is 1. The molecule has 0 saturated carbocycles. The molecule has 1 fully saturated rings. The van der Waals surface area contributed by atoms with Gasteiger partial charge in [0.15, 0.2) is 5.69 Å². The minimum Gasteiger partial charge on any atom is -0.390 e. The fraction of sp³-hybridized carbons (Fsp3) is 0.500. The summed E-state index contributed by atoms with van der Waals surface area (Å²) in [6, 6.07) is 5.79. The maximum absolute atomic E-state index is 12.1. The Morgan fingerprint density at radius 1 is 1.48 bits per heavy atom. The number of aromatic amines is 1. The molecule has 124 valence electrons. The van der Waals surface area contributed by atoms with Crippen molar-refractivity contribution in [2.45, 2.75) is 25.9 Å². The highest BCUT2D eigenvalue weighted by Gasteiger charge is 2.17. The second kappa shape index (κ2) is 7.25. The molecule has 2 aromatic heterocycles. The summed E-state index contributed by atoms with van der Waals surface area (Å²) < 4.78 is 0. The predicted molar refractivity (Wildman–Crippen MR) is 90.7 cm³/mol. The Labute approximate surface area is 139 Å². The second-order valence-corrected chi connectivity index (χ2v) is 7.24. The predicted octanol–water partition coefficient (Wildman–Crippen LogP) is 1.63. The average molecular weight is 334 g/mol. The summed E-state index contributed by atoms with van der Waals surface area (Å²) in [5.41, 5.74) is 1.19. The van der Waals surface area contributed by atoms with Crippen LogP contribution in [0.4, 0.5) is 0 Å². The van der Waals surface area contributed by atoms with Crippen LogP contribution in [0.3, 0.4) is 0 Å². The summed E-state index contributed by atoms with van der Waals surface area (Å²) in [5.74, 6) is -0.263. The fourth-order valence-electron chi connectivity index (χ4n) is 2.77. The topological polar surface area (TPSA) is 81.2 Å². The van der Waals surface area contributed by atoms with E-state index in [9.17, 15) is 9.90 Å². The van der Waals surface area contributed by atoms with E-state index in [0.29, 0.717) is 12.2 Å². The number of likely N-dealkylation sites (tertiary alicyclic amines) is 1. The van der Waals surface area contributed by atoms with Gasteiger partial charge in [0.25, 0.3) is 5.91 Å². The summed E-state index contributed by atoms with van der Waals surface area (Å²) in [4.78, 5) is 16.6. The molecule has 6 nitrogen and oxygen atoms in total. The Hall–Kier alpha value is -1.70. The number of β-amino-alcohol motifs (C(OH)–C–C–N with tert-alkyl or cyclic N) is 1. The Morgan fingerprint density at radius 2 is 2.26 bits per heavy atom. The van der Waals surface area contributed by atoms with Crippen LogP contribution < -0.4 is 5.32 Å². The molecule has 0 spiro atoms. The molecule has 3 heterocycles. The van der Waals surface area contributed by atoms with E-state index in [4.69, 9.17) is 0 Å². The smallest absolute Gasteiger partial charge is 0.271 e. The van der Waals surface area contributed by atoms with Gasteiger partial charge in [-0.2, -0.15) is 5.10 Å². The molecule has 0 aliphatic carbocycles. The number of hydrogen-bond acceptors (Lipinski definition) is 5. The maximum atomic E-state index is 12.1. The van der Waals surface area contributed by atoms with Crippen molar-refractivity contribution >= 4 is 17.2 Å². The molecule has 3 N–H and O–H groups in total. The van der Waals surface area contributed by atoms with Crippen LogP contribution in [0.25, 0.3) is 10.6 Å². The number of aliphatic hydroxyl groups excluding tert-OH is 1. The lowest BCUT2D eigenvalue weighted by Crippen LogP contribution is -2.39. The van der Waals surface area contributed by atoms with E-state index >= 15 is 0 Å². The number of carbonyl (C=O) groups is 1. The van der Waals surface area contributed by atoms with E-state index in [-0.39, 0.29) is 12.5 Å². The van der Waals surface area contributed by atoms with Crippen LogP contribution in [0.15, 0.2) is 18.2 Å². The van der Waals surface area contributed by atoms with E-state index < -0.39 is 6.10 Å². The number of H-pyrrole nitrogens is 1. The Bertz CT molecular complexity index is 661. The van der Waals surface area contributed by atoms with E-state index in [0.717, 1.165) is 23.7 Å². The number of rotatable bonds is 6. The van der Waals surface area contributed by atoms with E-state index in [1.165, 1.54) is 17.7 Å². The van der Waals surface area contributed by atoms with E-state index in [2.05, 4.69) is 20.4 Å². The molecule has 7 heteroatoms. The highest BCUT2D eigenvalue weighted by Crippen LogP contribution is 2.26. The fourth-order valence-corrected chi connectivity index (χ4v) is 3.61. The number of nitrogens with one attached hydrogen (secondary N) is 2. The molecule has 2 aromatic rings. The third-order valence-corrected chi connectivity index (χ3v) is 5.02. The van der Waals surface area contributed by atoms with Gasteiger partial charge in [0.05, 0.1) is 16.7 Å². The highest BCUT2D eigenvalue weighted by molar-refractivity contribution is 7.15. The quantitative estimate of drug-likeness (QED) is 0.750. The molecule has 0 radical (unpaired) electrons. The minimum absolute atomic E-state index is 0.246. The van der Waals surface area contributed by atoms with Crippen LogP contribution in [-0.2, 0) is 0 Å². The summed E-state index contributed by atoms with van der Waals surface area (Å²) >= 11 is 1.65. The van der Waals surface area contributed by atoms with Crippen LogP contribution in [0.5, 0.6) is 0 Å². The van der Waals surface area contributed by atoms with Crippen molar-refractivity contribution in [1.82, 2.24) is 20.4 Å². The van der Waals surface area contributed by atoms with Gasteiger partial charge < -0.3 is 15.3 Å². The van der Waals surface area contributed by atoms with Crippen LogP contribution in [0.2, 0.25) is 0 Å². The Kier molecular flexibility index (Phi) is 5.09. The first-order valence-electron chi connectivity index (χ1n) is 7.92. The summed E-state index contributed by atoms with van der Waals surface area (Å²) in [6.45, 7) is 4.97. The van der Waals surface area contributed by atoms with Gasteiger partial charge in [0.1, 0.15) is 0 Å². The average Bonchev–Trinajstić information content (AvgIpc) is 3.25. The minimum atomic E-state index is -0.546. The molecule has 1 amide bonds. The molecule has 1 aliphatic rings. The monoisotopic (exact) mass is 334 g/mol. The maximum Gasteiger partial charge on any atom is 0.271 e. The van der Waals surface area contributed by atoms with Crippen molar-refractivity contribution in [3.05, 3.63) is 28.8 Å². The van der Waals surface area contributed by atoms with Gasteiger partial charge in [-0.05, 0) is 51.1 Å².